The van der Waals surface area contributed by atoms with Crippen LogP contribution in [-0.2, 0) is 14.3 Å². The van der Waals surface area contributed by atoms with Crippen LogP contribution in [0.5, 0.6) is 0 Å². The van der Waals surface area contributed by atoms with E-state index in [1.54, 1.807) is 6.92 Å². The Balaban J connectivity index is 4.08. The summed E-state index contributed by atoms with van der Waals surface area (Å²) in [4.78, 5) is 11.2. The zero-order valence-electron chi connectivity index (χ0n) is 9.05. The number of ketones is 1. The van der Waals surface area contributed by atoms with Crippen molar-refractivity contribution < 1.29 is 14.3 Å². The van der Waals surface area contributed by atoms with Crippen LogP contribution >= 0.6 is 0 Å². The summed E-state index contributed by atoms with van der Waals surface area (Å²) in [5.41, 5.74) is 0. The minimum Gasteiger partial charge on any atom is -0.344 e. The molecule has 0 aromatic carbocycles. The average molecular weight is 188 g/mol. The smallest absolute Gasteiger partial charge is 0.225 e. The van der Waals surface area contributed by atoms with E-state index >= 15 is 0 Å². The monoisotopic (exact) mass is 188 g/mol. The number of hydrogen-bond acceptors (Lipinski definition) is 3. The molecule has 0 aliphatic heterocycles. The van der Waals surface area contributed by atoms with E-state index in [0.717, 1.165) is 12.8 Å². The van der Waals surface area contributed by atoms with E-state index < -0.39 is 5.79 Å². The lowest BCUT2D eigenvalue weighted by Crippen LogP contribution is -2.40. The van der Waals surface area contributed by atoms with Gasteiger partial charge in [-0.15, -0.1) is 0 Å². The lowest BCUT2D eigenvalue weighted by atomic mass is 10.2. The van der Waals surface area contributed by atoms with E-state index in [1.807, 2.05) is 13.8 Å². The molecule has 0 spiro atoms. The van der Waals surface area contributed by atoms with Crippen molar-refractivity contribution in [1.82, 2.24) is 0 Å². The number of carbonyl (C=O) groups is 1. The Bertz CT molecular complexity index is 146. The summed E-state index contributed by atoms with van der Waals surface area (Å²) >= 11 is 0. The molecule has 0 fully saturated rings. The van der Waals surface area contributed by atoms with Gasteiger partial charge in [0.15, 0.2) is 5.78 Å². The normalized spacial score (nSPS) is 11.7. The first-order valence-electron chi connectivity index (χ1n) is 4.85. The molecule has 0 aliphatic carbocycles. The van der Waals surface area contributed by atoms with Crippen molar-refractivity contribution in [2.75, 3.05) is 13.2 Å². The van der Waals surface area contributed by atoms with Crippen molar-refractivity contribution in [3.05, 3.63) is 0 Å². The van der Waals surface area contributed by atoms with Crippen LogP contribution in [0.4, 0.5) is 0 Å². The fraction of sp³-hybridized carbons (Fsp3) is 0.900. The van der Waals surface area contributed by atoms with Gasteiger partial charge >= 0.3 is 0 Å². The third kappa shape index (κ3) is 4.39. The predicted molar refractivity (Wildman–Crippen MR) is 51.6 cm³/mol. The highest BCUT2D eigenvalue weighted by Gasteiger charge is 2.31. The Labute approximate surface area is 80.4 Å². The van der Waals surface area contributed by atoms with Gasteiger partial charge in [-0.25, -0.2) is 0 Å². The molecule has 0 aromatic rings. The van der Waals surface area contributed by atoms with E-state index in [1.165, 1.54) is 6.92 Å². The fourth-order valence-corrected chi connectivity index (χ4v) is 0.839. The van der Waals surface area contributed by atoms with Crippen molar-refractivity contribution in [3.8, 4) is 0 Å². The van der Waals surface area contributed by atoms with Gasteiger partial charge in [-0.05, 0) is 19.8 Å². The Morgan fingerprint density at radius 1 is 1.15 bits per heavy atom. The van der Waals surface area contributed by atoms with Crippen LogP contribution in [0.15, 0.2) is 0 Å². The number of carbonyl (C=O) groups excluding carboxylic acids is 1. The maximum atomic E-state index is 11.2. The second-order valence-corrected chi connectivity index (χ2v) is 3.20. The van der Waals surface area contributed by atoms with E-state index in [0.29, 0.717) is 13.2 Å². The summed E-state index contributed by atoms with van der Waals surface area (Å²) in [6.45, 7) is 8.28. The van der Waals surface area contributed by atoms with Gasteiger partial charge in [0.2, 0.25) is 5.79 Å². The van der Waals surface area contributed by atoms with Crippen molar-refractivity contribution in [1.29, 1.82) is 0 Å². The van der Waals surface area contributed by atoms with E-state index in [9.17, 15) is 4.79 Å². The topological polar surface area (TPSA) is 35.5 Å². The molecule has 0 saturated heterocycles. The van der Waals surface area contributed by atoms with E-state index in [2.05, 4.69) is 0 Å². The lowest BCUT2D eigenvalue weighted by Gasteiger charge is -2.26. The van der Waals surface area contributed by atoms with Crippen LogP contribution in [0.3, 0.4) is 0 Å². The molecule has 0 atom stereocenters. The number of ether oxygens (including phenoxy) is 2. The summed E-state index contributed by atoms with van der Waals surface area (Å²) < 4.78 is 10.7. The third-order valence-electron chi connectivity index (χ3n) is 1.80. The molecule has 0 unspecified atom stereocenters. The third-order valence-corrected chi connectivity index (χ3v) is 1.80. The molecule has 0 N–H and O–H groups in total. The standard InChI is InChI=1S/C10H20O3/c1-5-7-12-10(4,9(3)11)13-8-6-2/h5-8H2,1-4H3. The fourth-order valence-electron chi connectivity index (χ4n) is 0.839. The minimum atomic E-state index is -1.04. The zero-order chi connectivity index (χ0) is 10.3. The quantitative estimate of drug-likeness (QED) is 0.574. The second kappa shape index (κ2) is 6.11. The van der Waals surface area contributed by atoms with Crippen LogP contribution in [0.1, 0.15) is 40.5 Å². The van der Waals surface area contributed by atoms with Crippen molar-refractivity contribution in [3.63, 3.8) is 0 Å². The minimum absolute atomic E-state index is 0.0746. The molecule has 0 heterocycles. The molecule has 78 valence electrons. The summed E-state index contributed by atoms with van der Waals surface area (Å²) in [5.74, 6) is -1.11. The van der Waals surface area contributed by atoms with Gasteiger partial charge in [-0.2, -0.15) is 0 Å². The molecule has 0 amide bonds. The largest absolute Gasteiger partial charge is 0.344 e. The van der Waals surface area contributed by atoms with Gasteiger partial charge in [0.25, 0.3) is 0 Å². The number of hydrogen-bond donors (Lipinski definition) is 0. The molecule has 0 bridgehead atoms. The Morgan fingerprint density at radius 2 is 1.54 bits per heavy atom. The number of Topliss-reactive ketones (excluding diaryl/α,β-unsaturated/α-hetero) is 1. The first-order chi connectivity index (χ1) is 6.06. The first kappa shape index (κ1) is 12.6. The van der Waals surface area contributed by atoms with Crippen molar-refractivity contribution in [2.24, 2.45) is 0 Å². The van der Waals surface area contributed by atoms with Gasteiger partial charge in [0.1, 0.15) is 0 Å². The molecule has 0 aromatic heterocycles. The van der Waals surface area contributed by atoms with Gasteiger partial charge in [-0.3, -0.25) is 4.79 Å². The highest BCUT2D eigenvalue weighted by atomic mass is 16.7. The van der Waals surface area contributed by atoms with Crippen LogP contribution in [0.2, 0.25) is 0 Å². The Hall–Kier alpha value is -0.410. The van der Waals surface area contributed by atoms with Gasteiger partial charge in [0.05, 0.1) is 13.2 Å². The molecular weight excluding hydrogens is 168 g/mol. The second-order valence-electron chi connectivity index (χ2n) is 3.20. The molecule has 0 saturated carbocycles. The molecule has 0 radical (unpaired) electrons. The van der Waals surface area contributed by atoms with Crippen molar-refractivity contribution >= 4 is 5.78 Å². The molecule has 0 aliphatic rings. The summed E-state index contributed by atoms with van der Waals surface area (Å²) in [7, 11) is 0. The number of rotatable bonds is 7. The van der Waals surface area contributed by atoms with Crippen LogP contribution in [-0.4, -0.2) is 24.8 Å². The van der Waals surface area contributed by atoms with Gasteiger partial charge in [-0.1, -0.05) is 13.8 Å². The van der Waals surface area contributed by atoms with E-state index in [4.69, 9.17) is 9.47 Å². The van der Waals surface area contributed by atoms with Crippen molar-refractivity contribution in [2.45, 2.75) is 46.3 Å². The maximum Gasteiger partial charge on any atom is 0.225 e. The molecule has 0 rings (SSSR count). The highest BCUT2D eigenvalue weighted by molar-refractivity contribution is 5.82. The maximum absolute atomic E-state index is 11.2. The van der Waals surface area contributed by atoms with Gasteiger partial charge < -0.3 is 9.47 Å². The summed E-state index contributed by atoms with van der Waals surface area (Å²) in [6.07, 6.45) is 1.77. The van der Waals surface area contributed by atoms with E-state index in [-0.39, 0.29) is 5.78 Å². The Morgan fingerprint density at radius 3 is 1.77 bits per heavy atom. The summed E-state index contributed by atoms with van der Waals surface area (Å²) in [5, 5.41) is 0. The van der Waals surface area contributed by atoms with Crippen LogP contribution in [0, 0.1) is 0 Å². The molecule has 3 nitrogen and oxygen atoms in total. The van der Waals surface area contributed by atoms with Crippen LogP contribution < -0.4 is 0 Å². The predicted octanol–water partition coefficient (Wildman–Crippen LogP) is 2.14. The average Bonchev–Trinajstić information content (AvgIpc) is 2.11. The zero-order valence-corrected chi connectivity index (χ0v) is 9.05. The Kier molecular flexibility index (Phi) is 5.91. The first-order valence-corrected chi connectivity index (χ1v) is 4.85. The molecule has 13 heavy (non-hydrogen) atoms. The van der Waals surface area contributed by atoms with Gasteiger partial charge in [0, 0.05) is 6.92 Å². The summed E-state index contributed by atoms with van der Waals surface area (Å²) in [6, 6.07) is 0. The molecule has 3 heteroatoms. The SMILES string of the molecule is CCCOC(C)(OCCC)C(C)=O. The molecular formula is C10H20O3. The highest BCUT2D eigenvalue weighted by Crippen LogP contribution is 2.14. The van der Waals surface area contributed by atoms with Crippen LogP contribution in [0.25, 0.3) is 0 Å². The lowest BCUT2D eigenvalue weighted by molar-refractivity contribution is -0.218.